The van der Waals surface area contributed by atoms with Gasteiger partial charge in [-0.1, -0.05) is 18.2 Å². The minimum atomic E-state index is -0.320. The lowest BCUT2D eigenvalue weighted by molar-refractivity contribution is 0.0953. The molecule has 2 rings (SSSR count). The molecular formula is C16H18FN3O. The van der Waals surface area contributed by atoms with Crippen molar-refractivity contribution in [3.63, 3.8) is 0 Å². The Hall–Kier alpha value is -2.40. The average Bonchev–Trinajstić information content (AvgIpc) is 2.52. The van der Waals surface area contributed by atoms with E-state index >= 15 is 0 Å². The number of nitrogens with one attached hydrogen (secondary N) is 1. The number of benzene rings is 2. The number of halogens is 1. The number of hydrogen-bond acceptors (Lipinski definition) is 3. The predicted octanol–water partition coefficient (Wildman–Crippen LogP) is 2.46. The molecule has 0 atom stereocenters. The van der Waals surface area contributed by atoms with Gasteiger partial charge in [0.2, 0.25) is 0 Å². The monoisotopic (exact) mass is 287 g/mol. The summed E-state index contributed by atoms with van der Waals surface area (Å²) < 4.78 is 13.3. The second-order valence-corrected chi connectivity index (χ2v) is 4.66. The van der Waals surface area contributed by atoms with Gasteiger partial charge in [-0.3, -0.25) is 10.2 Å². The van der Waals surface area contributed by atoms with E-state index in [-0.39, 0.29) is 11.7 Å². The molecule has 0 fully saturated rings. The van der Waals surface area contributed by atoms with Gasteiger partial charge in [-0.05, 0) is 42.8 Å². The first-order chi connectivity index (χ1) is 10.1. The number of hydrazine groups is 1. The molecule has 0 bridgehead atoms. The molecule has 0 aromatic heterocycles. The van der Waals surface area contributed by atoms with E-state index < -0.39 is 0 Å². The van der Waals surface area contributed by atoms with E-state index in [0.29, 0.717) is 12.1 Å². The number of carbonyl (C=O) groups excluding carboxylic acids is 1. The largest absolute Gasteiger partial charge is 0.367 e. The molecule has 0 heterocycles. The fourth-order valence-corrected chi connectivity index (χ4v) is 2.12. The van der Waals surface area contributed by atoms with Crippen LogP contribution in [0.25, 0.3) is 0 Å². The van der Waals surface area contributed by atoms with Crippen molar-refractivity contribution >= 4 is 11.6 Å². The first-order valence-corrected chi connectivity index (χ1v) is 6.74. The molecule has 0 saturated carbocycles. The standard InChI is InChI=1S/C16H18FN3O/c1-2-20(15-5-3-4-14(17)10-15)11-12-6-8-13(9-7-12)16(21)19-18/h3-10H,2,11,18H2,1H3,(H,19,21). The summed E-state index contributed by atoms with van der Waals surface area (Å²) in [6, 6.07) is 13.7. The lowest BCUT2D eigenvalue weighted by Crippen LogP contribution is -2.30. The zero-order valence-corrected chi connectivity index (χ0v) is 11.8. The van der Waals surface area contributed by atoms with E-state index in [2.05, 4.69) is 10.3 Å². The van der Waals surface area contributed by atoms with Crippen LogP contribution >= 0.6 is 0 Å². The zero-order valence-electron chi connectivity index (χ0n) is 11.8. The minimum Gasteiger partial charge on any atom is -0.367 e. The van der Waals surface area contributed by atoms with Gasteiger partial charge >= 0.3 is 0 Å². The summed E-state index contributed by atoms with van der Waals surface area (Å²) in [5.41, 5.74) is 4.47. The van der Waals surface area contributed by atoms with E-state index in [1.54, 1.807) is 18.2 Å². The Bertz CT molecular complexity index is 613. The van der Waals surface area contributed by atoms with Crippen molar-refractivity contribution in [2.75, 3.05) is 11.4 Å². The molecule has 2 aromatic rings. The van der Waals surface area contributed by atoms with Crippen molar-refractivity contribution < 1.29 is 9.18 Å². The third kappa shape index (κ3) is 3.79. The van der Waals surface area contributed by atoms with Crippen molar-refractivity contribution in [1.82, 2.24) is 5.43 Å². The van der Waals surface area contributed by atoms with Gasteiger partial charge in [0.25, 0.3) is 5.91 Å². The highest BCUT2D eigenvalue weighted by atomic mass is 19.1. The van der Waals surface area contributed by atoms with Crippen LogP contribution in [0.4, 0.5) is 10.1 Å². The number of nitrogens with two attached hydrogens (primary N) is 1. The van der Waals surface area contributed by atoms with Crippen molar-refractivity contribution in [3.05, 3.63) is 65.5 Å². The molecule has 1 amide bonds. The van der Waals surface area contributed by atoms with E-state index in [1.807, 2.05) is 25.1 Å². The van der Waals surface area contributed by atoms with Gasteiger partial charge in [-0.2, -0.15) is 0 Å². The summed E-state index contributed by atoms with van der Waals surface area (Å²) in [5, 5.41) is 0. The van der Waals surface area contributed by atoms with Crippen LogP contribution in [0.5, 0.6) is 0 Å². The maximum atomic E-state index is 13.3. The molecule has 4 nitrogen and oxygen atoms in total. The quantitative estimate of drug-likeness (QED) is 0.504. The van der Waals surface area contributed by atoms with E-state index in [4.69, 9.17) is 5.84 Å². The van der Waals surface area contributed by atoms with Gasteiger partial charge in [-0.25, -0.2) is 10.2 Å². The summed E-state index contributed by atoms with van der Waals surface area (Å²) in [6.45, 7) is 3.42. The Labute approximate surface area is 123 Å². The molecule has 21 heavy (non-hydrogen) atoms. The molecular weight excluding hydrogens is 269 g/mol. The van der Waals surface area contributed by atoms with Crippen LogP contribution in [0.15, 0.2) is 48.5 Å². The van der Waals surface area contributed by atoms with Crippen LogP contribution < -0.4 is 16.2 Å². The summed E-state index contributed by atoms with van der Waals surface area (Å²) in [7, 11) is 0. The van der Waals surface area contributed by atoms with Crippen LogP contribution in [0.3, 0.4) is 0 Å². The van der Waals surface area contributed by atoms with E-state index in [0.717, 1.165) is 17.8 Å². The average molecular weight is 287 g/mol. The smallest absolute Gasteiger partial charge is 0.265 e. The third-order valence-electron chi connectivity index (χ3n) is 3.28. The molecule has 0 aliphatic heterocycles. The number of hydrogen-bond donors (Lipinski definition) is 2. The summed E-state index contributed by atoms with van der Waals surface area (Å²) >= 11 is 0. The van der Waals surface area contributed by atoms with Gasteiger partial charge in [0, 0.05) is 24.3 Å². The Balaban J connectivity index is 2.13. The number of nitrogens with zero attached hydrogens (tertiary/aromatic N) is 1. The van der Waals surface area contributed by atoms with Crippen molar-refractivity contribution in [3.8, 4) is 0 Å². The van der Waals surface area contributed by atoms with Crippen molar-refractivity contribution in [1.29, 1.82) is 0 Å². The molecule has 110 valence electrons. The lowest BCUT2D eigenvalue weighted by atomic mass is 10.1. The van der Waals surface area contributed by atoms with Gasteiger partial charge in [0.05, 0.1) is 0 Å². The zero-order chi connectivity index (χ0) is 15.2. The van der Waals surface area contributed by atoms with E-state index in [9.17, 15) is 9.18 Å². The molecule has 0 aliphatic rings. The third-order valence-corrected chi connectivity index (χ3v) is 3.28. The SMILES string of the molecule is CCN(Cc1ccc(C(=O)NN)cc1)c1cccc(F)c1. The fraction of sp³-hybridized carbons (Fsp3) is 0.188. The number of rotatable bonds is 5. The molecule has 5 heteroatoms. The van der Waals surface area contributed by atoms with Gasteiger partial charge < -0.3 is 4.90 Å². The van der Waals surface area contributed by atoms with Crippen LogP contribution in [0, 0.1) is 5.82 Å². The minimum absolute atomic E-state index is 0.249. The van der Waals surface area contributed by atoms with Crippen LogP contribution in [-0.2, 0) is 6.54 Å². The van der Waals surface area contributed by atoms with Crippen molar-refractivity contribution in [2.45, 2.75) is 13.5 Å². The Kier molecular flexibility index (Phi) is 4.90. The number of carbonyl (C=O) groups is 1. The fourth-order valence-electron chi connectivity index (χ4n) is 2.12. The molecule has 0 radical (unpaired) electrons. The second kappa shape index (κ2) is 6.85. The molecule has 0 unspecified atom stereocenters. The summed E-state index contributed by atoms with van der Waals surface area (Å²) in [4.78, 5) is 13.4. The number of nitrogen functional groups attached to an aromatic ring is 1. The topological polar surface area (TPSA) is 58.4 Å². The summed E-state index contributed by atoms with van der Waals surface area (Å²) in [5.74, 6) is 4.52. The highest BCUT2D eigenvalue weighted by Gasteiger charge is 2.08. The Morgan fingerprint density at radius 2 is 1.95 bits per heavy atom. The number of anilines is 1. The maximum Gasteiger partial charge on any atom is 0.265 e. The molecule has 3 N–H and O–H groups in total. The van der Waals surface area contributed by atoms with Gasteiger partial charge in [0.1, 0.15) is 5.82 Å². The maximum absolute atomic E-state index is 13.3. The molecule has 0 aliphatic carbocycles. The predicted molar refractivity (Wildman–Crippen MR) is 81.2 cm³/mol. The molecule has 2 aromatic carbocycles. The van der Waals surface area contributed by atoms with Crippen LogP contribution in [0.2, 0.25) is 0 Å². The first kappa shape index (κ1) is 15.0. The van der Waals surface area contributed by atoms with Crippen LogP contribution in [-0.4, -0.2) is 12.5 Å². The highest BCUT2D eigenvalue weighted by molar-refractivity contribution is 5.93. The Morgan fingerprint density at radius 1 is 1.24 bits per heavy atom. The molecule has 0 saturated heterocycles. The van der Waals surface area contributed by atoms with Gasteiger partial charge in [-0.15, -0.1) is 0 Å². The van der Waals surface area contributed by atoms with Crippen LogP contribution in [0.1, 0.15) is 22.8 Å². The molecule has 0 spiro atoms. The van der Waals surface area contributed by atoms with Gasteiger partial charge in [0.15, 0.2) is 0 Å². The lowest BCUT2D eigenvalue weighted by Gasteiger charge is -2.23. The highest BCUT2D eigenvalue weighted by Crippen LogP contribution is 2.18. The first-order valence-electron chi connectivity index (χ1n) is 6.74. The Morgan fingerprint density at radius 3 is 2.52 bits per heavy atom. The second-order valence-electron chi connectivity index (χ2n) is 4.66. The summed E-state index contributed by atoms with van der Waals surface area (Å²) in [6.07, 6.45) is 0. The van der Waals surface area contributed by atoms with Crippen molar-refractivity contribution in [2.24, 2.45) is 5.84 Å². The number of amides is 1. The van der Waals surface area contributed by atoms with E-state index in [1.165, 1.54) is 12.1 Å². The normalized spacial score (nSPS) is 10.2.